The normalized spacial score (nSPS) is 20.6. The first-order valence-electron chi connectivity index (χ1n) is 7.92. The van der Waals surface area contributed by atoms with Gasteiger partial charge >= 0.3 is 0 Å². The van der Waals surface area contributed by atoms with Crippen molar-refractivity contribution >= 4 is 21.6 Å². The largest absolute Gasteiger partial charge is 0.384 e. The van der Waals surface area contributed by atoms with Crippen molar-refractivity contribution in [1.82, 2.24) is 0 Å². The Hall–Kier alpha value is -0.580. The molecule has 1 saturated heterocycles. The predicted octanol–water partition coefficient (Wildman–Crippen LogP) is 3.59. The van der Waals surface area contributed by atoms with E-state index in [0.29, 0.717) is 5.92 Å². The van der Waals surface area contributed by atoms with Gasteiger partial charge in [0.25, 0.3) is 0 Å². The zero-order valence-electron chi connectivity index (χ0n) is 13.1. The van der Waals surface area contributed by atoms with Crippen LogP contribution in [0.25, 0.3) is 0 Å². The molecule has 2 atom stereocenters. The van der Waals surface area contributed by atoms with Gasteiger partial charge < -0.3 is 15.4 Å². The van der Waals surface area contributed by atoms with E-state index in [0.717, 1.165) is 32.5 Å². The van der Waals surface area contributed by atoms with E-state index >= 15 is 0 Å². The molecule has 118 valence electrons. The molecule has 0 spiro atoms. The van der Waals surface area contributed by atoms with Crippen LogP contribution in [0.3, 0.4) is 0 Å². The Morgan fingerprint density at radius 3 is 2.95 bits per heavy atom. The van der Waals surface area contributed by atoms with Gasteiger partial charge in [-0.2, -0.15) is 0 Å². The fourth-order valence-corrected chi connectivity index (χ4v) is 3.53. The van der Waals surface area contributed by atoms with E-state index in [4.69, 9.17) is 10.5 Å². The number of nitrogens with zero attached hydrogens (tertiary/aromatic N) is 1. The van der Waals surface area contributed by atoms with Crippen molar-refractivity contribution in [2.24, 2.45) is 11.7 Å². The number of benzene rings is 1. The Kier molecular flexibility index (Phi) is 6.52. The van der Waals surface area contributed by atoms with Crippen LogP contribution < -0.4 is 10.6 Å². The van der Waals surface area contributed by atoms with Gasteiger partial charge in [0.05, 0.1) is 6.61 Å². The smallest absolute Gasteiger partial charge is 0.0507 e. The van der Waals surface area contributed by atoms with Gasteiger partial charge in [-0.05, 0) is 49.3 Å². The summed E-state index contributed by atoms with van der Waals surface area (Å²) < 4.78 is 6.49. The first-order chi connectivity index (χ1) is 10.1. The molecule has 1 aliphatic heterocycles. The molecule has 1 fully saturated rings. The van der Waals surface area contributed by atoms with Crippen molar-refractivity contribution in [2.45, 2.75) is 38.6 Å². The van der Waals surface area contributed by atoms with E-state index in [2.05, 4.69) is 46.0 Å². The summed E-state index contributed by atoms with van der Waals surface area (Å²) in [6, 6.07) is 6.94. The van der Waals surface area contributed by atoms with Crippen LogP contribution in [0, 0.1) is 5.92 Å². The number of nitrogens with two attached hydrogens (primary N) is 1. The van der Waals surface area contributed by atoms with Crippen LogP contribution in [0.5, 0.6) is 0 Å². The van der Waals surface area contributed by atoms with Crippen LogP contribution in [0.1, 0.15) is 31.7 Å². The molecule has 1 aromatic rings. The number of halogens is 1. The summed E-state index contributed by atoms with van der Waals surface area (Å²) in [5, 5.41) is 0. The fraction of sp³-hybridized carbons (Fsp3) is 0.647. The van der Waals surface area contributed by atoms with Gasteiger partial charge in [-0.1, -0.05) is 28.9 Å². The summed E-state index contributed by atoms with van der Waals surface area (Å²) in [6.07, 6.45) is 4.46. The molecule has 2 rings (SSSR count). The molecule has 2 unspecified atom stereocenters. The summed E-state index contributed by atoms with van der Waals surface area (Å²) in [5.74, 6) is 0.649. The van der Waals surface area contributed by atoms with E-state index < -0.39 is 0 Å². The lowest BCUT2D eigenvalue weighted by molar-refractivity contribution is 0.143. The number of rotatable bonds is 6. The second kappa shape index (κ2) is 8.16. The SMILES string of the molecule is CCC(N)Cc1ccc(N2CCCC(COC)C2)cc1Br. The van der Waals surface area contributed by atoms with Crippen molar-refractivity contribution in [3.8, 4) is 0 Å². The molecule has 0 radical (unpaired) electrons. The highest BCUT2D eigenvalue weighted by Crippen LogP contribution is 2.28. The molecular formula is C17H27BrN2O. The Balaban J connectivity index is 2.05. The van der Waals surface area contributed by atoms with Gasteiger partial charge in [0.1, 0.15) is 0 Å². The number of hydrogen-bond acceptors (Lipinski definition) is 3. The van der Waals surface area contributed by atoms with E-state index in [-0.39, 0.29) is 6.04 Å². The average Bonchev–Trinajstić information content (AvgIpc) is 2.49. The van der Waals surface area contributed by atoms with Crippen LogP contribution >= 0.6 is 15.9 Å². The lowest BCUT2D eigenvalue weighted by atomic mass is 9.98. The van der Waals surface area contributed by atoms with Crippen LogP contribution in [-0.2, 0) is 11.2 Å². The van der Waals surface area contributed by atoms with Gasteiger partial charge in [0.15, 0.2) is 0 Å². The van der Waals surface area contributed by atoms with Crippen LogP contribution in [-0.4, -0.2) is 32.8 Å². The second-order valence-corrected chi connectivity index (χ2v) is 6.91. The fourth-order valence-electron chi connectivity index (χ4n) is 3.00. The average molecular weight is 355 g/mol. The third kappa shape index (κ3) is 4.70. The summed E-state index contributed by atoms with van der Waals surface area (Å²) in [5.41, 5.74) is 8.67. The van der Waals surface area contributed by atoms with Crippen molar-refractivity contribution in [2.75, 3.05) is 31.7 Å². The molecule has 4 heteroatoms. The van der Waals surface area contributed by atoms with E-state index in [1.807, 2.05) is 0 Å². The lowest BCUT2D eigenvalue weighted by Crippen LogP contribution is -2.37. The Labute approximate surface area is 137 Å². The predicted molar refractivity (Wildman–Crippen MR) is 92.9 cm³/mol. The van der Waals surface area contributed by atoms with Crippen molar-refractivity contribution in [1.29, 1.82) is 0 Å². The molecule has 0 aliphatic carbocycles. The van der Waals surface area contributed by atoms with Gasteiger partial charge in [-0.3, -0.25) is 0 Å². The van der Waals surface area contributed by atoms with Crippen LogP contribution in [0.15, 0.2) is 22.7 Å². The maximum absolute atomic E-state index is 6.06. The zero-order valence-corrected chi connectivity index (χ0v) is 14.7. The van der Waals surface area contributed by atoms with E-state index in [9.17, 15) is 0 Å². The molecule has 1 aliphatic rings. The quantitative estimate of drug-likeness (QED) is 0.848. The summed E-state index contributed by atoms with van der Waals surface area (Å²) >= 11 is 3.71. The maximum atomic E-state index is 6.06. The molecule has 2 N–H and O–H groups in total. The molecule has 3 nitrogen and oxygen atoms in total. The first-order valence-corrected chi connectivity index (χ1v) is 8.71. The Bertz CT molecular complexity index is 450. The number of anilines is 1. The molecule has 0 aromatic heterocycles. The maximum Gasteiger partial charge on any atom is 0.0507 e. The molecule has 0 saturated carbocycles. The number of methoxy groups -OCH3 is 1. The molecule has 0 bridgehead atoms. The minimum Gasteiger partial charge on any atom is -0.384 e. The Morgan fingerprint density at radius 1 is 1.48 bits per heavy atom. The summed E-state index contributed by atoms with van der Waals surface area (Å²) in [7, 11) is 1.79. The lowest BCUT2D eigenvalue weighted by Gasteiger charge is -2.34. The summed E-state index contributed by atoms with van der Waals surface area (Å²) in [4.78, 5) is 2.47. The van der Waals surface area contributed by atoms with Crippen molar-refractivity contribution in [3.05, 3.63) is 28.2 Å². The van der Waals surface area contributed by atoms with Crippen molar-refractivity contribution < 1.29 is 4.74 Å². The highest BCUT2D eigenvalue weighted by atomic mass is 79.9. The first kappa shape index (κ1) is 16.8. The summed E-state index contributed by atoms with van der Waals surface area (Å²) in [6.45, 7) is 5.23. The van der Waals surface area contributed by atoms with Crippen molar-refractivity contribution in [3.63, 3.8) is 0 Å². The van der Waals surface area contributed by atoms with Crippen LogP contribution in [0.4, 0.5) is 5.69 Å². The molecule has 0 amide bonds. The third-order valence-corrected chi connectivity index (χ3v) is 5.07. The van der Waals surface area contributed by atoms with Gasteiger partial charge in [-0.15, -0.1) is 0 Å². The number of piperidine rings is 1. The highest BCUT2D eigenvalue weighted by Gasteiger charge is 2.20. The van der Waals surface area contributed by atoms with E-state index in [1.54, 1.807) is 7.11 Å². The zero-order chi connectivity index (χ0) is 15.2. The van der Waals surface area contributed by atoms with Gasteiger partial charge in [0.2, 0.25) is 0 Å². The minimum atomic E-state index is 0.244. The van der Waals surface area contributed by atoms with Gasteiger partial charge in [0, 0.05) is 36.4 Å². The number of ether oxygens (including phenoxy) is 1. The van der Waals surface area contributed by atoms with E-state index in [1.165, 1.54) is 28.6 Å². The van der Waals surface area contributed by atoms with Crippen LogP contribution in [0.2, 0.25) is 0 Å². The third-order valence-electron chi connectivity index (χ3n) is 4.33. The molecule has 1 aromatic carbocycles. The topological polar surface area (TPSA) is 38.5 Å². The Morgan fingerprint density at radius 2 is 2.29 bits per heavy atom. The number of hydrogen-bond donors (Lipinski definition) is 1. The second-order valence-electron chi connectivity index (χ2n) is 6.06. The molecular weight excluding hydrogens is 328 g/mol. The monoisotopic (exact) mass is 354 g/mol. The highest BCUT2D eigenvalue weighted by molar-refractivity contribution is 9.10. The molecule has 1 heterocycles. The molecule has 21 heavy (non-hydrogen) atoms. The standard InChI is InChI=1S/C17H27BrN2O/c1-3-15(19)9-14-6-7-16(10-17(14)18)20-8-4-5-13(11-20)12-21-2/h6-7,10,13,15H,3-5,8-9,11-12,19H2,1-2H3. The van der Waals surface area contributed by atoms with Gasteiger partial charge in [-0.25, -0.2) is 0 Å². The minimum absolute atomic E-state index is 0.244.